The van der Waals surface area contributed by atoms with E-state index in [1.807, 2.05) is 30.3 Å². The van der Waals surface area contributed by atoms with Crippen molar-refractivity contribution in [3.05, 3.63) is 35.9 Å². The fourth-order valence-electron chi connectivity index (χ4n) is 3.19. The van der Waals surface area contributed by atoms with Gasteiger partial charge in [-0.25, -0.2) is 4.79 Å². The Morgan fingerprint density at radius 3 is 2.68 bits per heavy atom. The number of Topliss-reactive ketones (excluding diaryl/α,β-unsaturated/α-hetero) is 1. The van der Waals surface area contributed by atoms with Crippen LogP contribution < -0.4 is 0 Å². The first-order valence-electron chi connectivity index (χ1n) is 7.24. The van der Waals surface area contributed by atoms with Crippen molar-refractivity contribution in [3.63, 3.8) is 0 Å². The van der Waals surface area contributed by atoms with Gasteiger partial charge in [0.2, 0.25) is 5.91 Å². The van der Waals surface area contributed by atoms with Crippen LogP contribution in [0.2, 0.25) is 0 Å². The highest BCUT2D eigenvalue weighted by molar-refractivity contribution is 6.11. The number of β-lactam (4-membered cyclic amide) rings is 1. The maximum absolute atomic E-state index is 12.1. The Balaban J connectivity index is 1.66. The number of rotatable bonds is 4. The van der Waals surface area contributed by atoms with Gasteiger partial charge < -0.3 is 14.7 Å². The Morgan fingerprint density at radius 2 is 2.05 bits per heavy atom. The molecule has 0 spiro atoms. The van der Waals surface area contributed by atoms with E-state index in [1.165, 1.54) is 11.8 Å². The van der Waals surface area contributed by atoms with Gasteiger partial charge in [0, 0.05) is 6.42 Å². The van der Waals surface area contributed by atoms with Crippen molar-refractivity contribution in [1.29, 1.82) is 0 Å². The molecule has 3 rings (SSSR count). The molecule has 0 saturated carbocycles. The molecule has 2 saturated heterocycles. The number of ketones is 1. The highest BCUT2D eigenvalue weighted by Crippen LogP contribution is 2.39. The SMILES string of the molecule is C[C@@H](O)C1C(=O)N2C(C(=O)OCc3ccccc3)C(=O)CC12. The lowest BCUT2D eigenvalue weighted by Gasteiger charge is -2.45. The zero-order valence-corrected chi connectivity index (χ0v) is 12.1. The number of fused-ring (bicyclic) bond motifs is 1. The van der Waals surface area contributed by atoms with Crippen LogP contribution in [0.5, 0.6) is 0 Å². The summed E-state index contributed by atoms with van der Waals surface area (Å²) < 4.78 is 5.16. The summed E-state index contributed by atoms with van der Waals surface area (Å²) in [5.41, 5.74) is 0.814. The van der Waals surface area contributed by atoms with Crippen molar-refractivity contribution < 1.29 is 24.2 Å². The Labute approximate surface area is 127 Å². The molecule has 1 aromatic rings. The Kier molecular flexibility index (Phi) is 3.70. The van der Waals surface area contributed by atoms with Crippen molar-refractivity contribution in [2.24, 2.45) is 5.92 Å². The summed E-state index contributed by atoms with van der Waals surface area (Å²) >= 11 is 0. The number of amides is 1. The predicted molar refractivity (Wildman–Crippen MR) is 75.5 cm³/mol. The molecule has 2 aliphatic rings. The van der Waals surface area contributed by atoms with Crippen molar-refractivity contribution in [3.8, 4) is 0 Å². The highest BCUT2D eigenvalue weighted by Gasteiger charge is 2.61. The molecular formula is C16H17NO5. The number of benzene rings is 1. The number of ether oxygens (including phenoxy) is 1. The normalized spacial score (nSPS) is 28.1. The maximum atomic E-state index is 12.1. The molecule has 0 radical (unpaired) electrons. The number of carbonyl (C=O) groups excluding carboxylic acids is 3. The number of esters is 1. The Morgan fingerprint density at radius 1 is 1.36 bits per heavy atom. The zero-order chi connectivity index (χ0) is 15.9. The van der Waals surface area contributed by atoms with Gasteiger partial charge in [0.25, 0.3) is 0 Å². The molecule has 2 heterocycles. The van der Waals surface area contributed by atoms with Gasteiger partial charge in [-0.05, 0) is 12.5 Å². The minimum atomic E-state index is -1.16. The minimum absolute atomic E-state index is 0.0655. The van der Waals surface area contributed by atoms with Crippen LogP contribution in [0.15, 0.2) is 30.3 Å². The lowest BCUT2D eigenvalue weighted by Crippen LogP contribution is -2.64. The van der Waals surface area contributed by atoms with Gasteiger partial charge in [-0.1, -0.05) is 30.3 Å². The summed E-state index contributed by atoms with van der Waals surface area (Å²) in [5, 5.41) is 9.58. The molecule has 1 N–H and O–H groups in total. The Bertz CT molecular complexity index is 612. The largest absolute Gasteiger partial charge is 0.459 e. The second-order valence-corrected chi connectivity index (χ2v) is 5.75. The third-order valence-corrected chi connectivity index (χ3v) is 4.27. The number of hydrogen-bond acceptors (Lipinski definition) is 5. The lowest BCUT2D eigenvalue weighted by atomic mass is 9.84. The van der Waals surface area contributed by atoms with E-state index in [4.69, 9.17) is 4.74 Å². The summed E-state index contributed by atoms with van der Waals surface area (Å²) in [4.78, 5) is 37.4. The summed E-state index contributed by atoms with van der Waals surface area (Å²) in [6.45, 7) is 1.58. The molecule has 22 heavy (non-hydrogen) atoms. The molecule has 0 aromatic heterocycles. The lowest BCUT2D eigenvalue weighted by molar-refractivity contribution is -0.172. The molecular weight excluding hydrogens is 286 g/mol. The quantitative estimate of drug-likeness (QED) is 0.491. The first-order valence-corrected chi connectivity index (χ1v) is 7.24. The summed E-state index contributed by atoms with van der Waals surface area (Å²) in [6.07, 6.45) is -0.715. The number of hydrogen-bond donors (Lipinski definition) is 1. The van der Waals surface area contributed by atoms with Crippen LogP contribution in [0, 0.1) is 5.92 Å². The molecule has 116 valence electrons. The fraction of sp³-hybridized carbons (Fsp3) is 0.438. The molecule has 1 amide bonds. The molecule has 1 aromatic carbocycles. The van der Waals surface area contributed by atoms with Crippen LogP contribution in [0.3, 0.4) is 0 Å². The van der Waals surface area contributed by atoms with Gasteiger partial charge >= 0.3 is 5.97 Å². The van der Waals surface area contributed by atoms with Crippen LogP contribution in [-0.4, -0.2) is 45.9 Å². The standard InChI is InChI=1S/C16H17NO5/c1-9(18)13-11-7-12(19)14(17(11)15(13)20)16(21)22-8-10-5-3-2-4-6-10/h2-6,9,11,13-14,18H,7-8H2,1H3/t9-,11?,13?,14?/m1/s1. The highest BCUT2D eigenvalue weighted by atomic mass is 16.5. The summed E-state index contributed by atoms with van der Waals surface area (Å²) in [5.74, 6) is -1.96. The van der Waals surface area contributed by atoms with Crippen LogP contribution in [0.1, 0.15) is 18.9 Å². The maximum Gasteiger partial charge on any atom is 0.337 e. The average molecular weight is 303 g/mol. The monoisotopic (exact) mass is 303 g/mol. The average Bonchev–Trinajstić information content (AvgIpc) is 2.78. The topological polar surface area (TPSA) is 83.9 Å². The first-order chi connectivity index (χ1) is 10.5. The van der Waals surface area contributed by atoms with Crippen molar-refractivity contribution in [2.75, 3.05) is 0 Å². The number of aliphatic hydroxyl groups is 1. The summed E-state index contributed by atoms with van der Waals surface area (Å²) in [7, 11) is 0. The first kappa shape index (κ1) is 14.7. The number of carbonyl (C=O) groups is 3. The van der Waals surface area contributed by atoms with E-state index in [0.717, 1.165) is 5.56 Å². The fourth-order valence-corrected chi connectivity index (χ4v) is 3.19. The molecule has 4 atom stereocenters. The smallest absolute Gasteiger partial charge is 0.337 e. The molecule has 0 bridgehead atoms. The third-order valence-electron chi connectivity index (χ3n) is 4.27. The minimum Gasteiger partial charge on any atom is -0.459 e. The molecule has 0 aliphatic carbocycles. The second kappa shape index (κ2) is 5.53. The van der Waals surface area contributed by atoms with Crippen LogP contribution in [0.25, 0.3) is 0 Å². The van der Waals surface area contributed by atoms with Gasteiger partial charge in [0.05, 0.1) is 18.1 Å². The molecule has 3 unspecified atom stereocenters. The van der Waals surface area contributed by atoms with Crippen molar-refractivity contribution in [1.82, 2.24) is 4.90 Å². The van der Waals surface area contributed by atoms with E-state index < -0.39 is 24.0 Å². The molecule has 2 fully saturated rings. The van der Waals surface area contributed by atoms with E-state index in [1.54, 1.807) is 0 Å². The van der Waals surface area contributed by atoms with Crippen molar-refractivity contribution in [2.45, 2.75) is 38.1 Å². The van der Waals surface area contributed by atoms with Gasteiger partial charge in [-0.3, -0.25) is 9.59 Å². The van der Waals surface area contributed by atoms with E-state index in [9.17, 15) is 19.5 Å². The van der Waals surface area contributed by atoms with E-state index >= 15 is 0 Å². The van der Waals surface area contributed by atoms with Gasteiger partial charge in [0.15, 0.2) is 11.8 Å². The molecule has 6 nitrogen and oxygen atoms in total. The van der Waals surface area contributed by atoms with E-state index in [-0.39, 0.29) is 30.8 Å². The number of aliphatic hydroxyl groups excluding tert-OH is 1. The van der Waals surface area contributed by atoms with Gasteiger partial charge in [-0.15, -0.1) is 0 Å². The van der Waals surface area contributed by atoms with Gasteiger partial charge in [0.1, 0.15) is 6.61 Å². The van der Waals surface area contributed by atoms with E-state index in [2.05, 4.69) is 0 Å². The van der Waals surface area contributed by atoms with Crippen LogP contribution >= 0.6 is 0 Å². The third kappa shape index (κ3) is 2.29. The zero-order valence-electron chi connectivity index (χ0n) is 12.1. The van der Waals surface area contributed by atoms with E-state index in [0.29, 0.717) is 0 Å². The van der Waals surface area contributed by atoms with Crippen LogP contribution in [0.4, 0.5) is 0 Å². The van der Waals surface area contributed by atoms with Crippen molar-refractivity contribution >= 4 is 17.7 Å². The second-order valence-electron chi connectivity index (χ2n) is 5.75. The summed E-state index contributed by atoms with van der Waals surface area (Å²) in [6, 6.07) is 7.59. The molecule has 2 aliphatic heterocycles. The number of nitrogens with zero attached hydrogens (tertiary/aromatic N) is 1. The molecule has 6 heteroatoms. The van der Waals surface area contributed by atoms with Crippen LogP contribution in [-0.2, 0) is 25.7 Å². The predicted octanol–water partition coefficient (Wildman–Crippen LogP) is 0.279. The van der Waals surface area contributed by atoms with Gasteiger partial charge in [-0.2, -0.15) is 0 Å². The Hall–Kier alpha value is -2.21.